The second-order valence-electron chi connectivity index (χ2n) is 9.48. The fourth-order valence-corrected chi connectivity index (χ4v) is 5.81. The van der Waals surface area contributed by atoms with Crippen molar-refractivity contribution in [2.45, 2.75) is 42.1 Å². The average molecular weight is 539 g/mol. The van der Waals surface area contributed by atoms with E-state index >= 15 is 0 Å². The number of carbonyl (C=O) groups is 2. The maximum Gasteiger partial charge on any atom is 0.501 e. The first-order valence-corrected chi connectivity index (χ1v) is 13.4. The Kier molecular flexibility index (Phi) is 6.18. The van der Waals surface area contributed by atoms with Gasteiger partial charge in [0.1, 0.15) is 12.1 Å². The topological polar surface area (TPSA) is 100 Å². The second kappa shape index (κ2) is 8.98. The van der Waals surface area contributed by atoms with Crippen LogP contribution in [-0.2, 0) is 14.6 Å². The summed E-state index contributed by atoms with van der Waals surface area (Å²) < 4.78 is 67.9. The SMILES string of the molecule is CC1CC12C(=O)N(c1ccc(S(=O)(=O)C(F)(F)F)cc1)C(=O)N2c1ccnc(OCCN2CCCC2)c1. The van der Waals surface area contributed by atoms with Gasteiger partial charge in [-0.2, -0.15) is 13.2 Å². The highest BCUT2D eigenvalue weighted by Gasteiger charge is 2.70. The van der Waals surface area contributed by atoms with Crippen LogP contribution < -0.4 is 14.5 Å². The molecule has 5 rings (SSSR count). The number of benzene rings is 1. The van der Waals surface area contributed by atoms with Crippen molar-refractivity contribution in [3.8, 4) is 5.88 Å². The number of carbonyl (C=O) groups excluding carboxylic acids is 2. The molecular formula is C24H25F3N4O5S. The van der Waals surface area contributed by atoms with Gasteiger partial charge < -0.3 is 4.74 Å². The number of hydrogen-bond acceptors (Lipinski definition) is 7. The van der Waals surface area contributed by atoms with Gasteiger partial charge in [-0.1, -0.05) is 6.92 Å². The number of likely N-dealkylation sites (tertiary alicyclic amines) is 1. The van der Waals surface area contributed by atoms with E-state index in [1.54, 1.807) is 12.1 Å². The number of ether oxygens (including phenoxy) is 1. The summed E-state index contributed by atoms with van der Waals surface area (Å²) in [6.07, 6.45) is 4.22. The number of amides is 3. The molecule has 13 heteroatoms. The molecule has 0 radical (unpaired) electrons. The maximum absolute atomic E-state index is 13.5. The van der Waals surface area contributed by atoms with Gasteiger partial charge in [0.2, 0.25) is 5.88 Å². The first kappa shape index (κ1) is 25.5. The summed E-state index contributed by atoms with van der Waals surface area (Å²) in [5.41, 5.74) is -6.21. The van der Waals surface area contributed by atoms with Crippen LogP contribution in [0.5, 0.6) is 5.88 Å². The quantitative estimate of drug-likeness (QED) is 0.497. The number of aromatic nitrogens is 1. The Morgan fingerprint density at radius 3 is 2.32 bits per heavy atom. The van der Waals surface area contributed by atoms with Crippen molar-refractivity contribution in [2.75, 3.05) is 36.0 Å². The molecule has 37 heavy (non-hydrogen) atoms. The summed E-state index contributed by atoms with van der Waals surface area (Å²) in [4.78, 5) is 34.7. The fourth-order valence-electron chi connectivity index (χ4n) is 5.04. The molecule has 2 saturated heterocycles. The van der Waals surface area contributed by atoms with Crippen molar-refractivity contribution in [2.24, 2.45) is 5.92 Å². The Bertz CT molecular complexity index is 1330. The molecule has 1 aliphatic carbocycles. The van der Waals surface area contributed by atoms with E-state index in [0.717, 1.165) is 61.6 Å². The molecule has 2 aliphatic heterocycles. The standard InChI is InChI=1S/C24H25F3N4O5S/c1-16-15-23(16)21(32)30(17-4-6-19(7-5-17)37(34,35)24(25,26)27)22(33)31(23)18-8-9-28-20(14-18)36-13-12-29-10-2-3-11-29/h4-9,14,16H,2-3,10-13,15H2,1H3. The Hall–Kier alpha value is -3.19. The largest absolute Gasteiger partial charge is 0.501 e. The number of nitrogens with zero attached hydrogens (tertiary/aromatic N) is 4. The number of rotatable bonds is 7. The summed E-state index contributed by atoms with van der Waals surface area (Å²) in [5, 5.41) is 0. The van der Waals surface area contributed by atoms with Crippen molar-refractivity contribution in [3.05, 3.63) is 42.6 Å². The van der Waals surface area contributed by atoms with Gasteiger partial charge in [0.15, 0.2) is 0 Å². The molecule has 2 unspecified atom stereocenters. The first-order chi connectivity index (χ1) is 17.5. The molecule has 3 aliphatic rings. The van der Waals surface area contributed by atoms with E-state index in [0.29, 0.717) is 24.6 Å². The summed E-state index contributed by atoms with van der Waals surface area (Å²) in [7, 11) is -5.56. The van der Waals surface area contributed by atoms with E-state index in [-0.39, 0.29) is 11.6 Å². The van der Waals surface area contributed by atoms with Gasteiger partial charge in [-0.05, 0) is 68.6 Å². The minimum atomic E-state index is -5.56. The van der Waals surface area contributed by atoms with Gasteiger partial charge in [0.05, 0.1) is 16.3 Å². The Morgan fingerprint density at radius 1 is 1.08 bits per heavy atom. The Labute approximate surface area is 211 Å². The lowest BCUT2D eigenvalue weighted by molar-refractivity contribution is -0.119. The lowest BCUT2D eigenvalue weighted by atomic mass is 10.1. The maximum atomic E-state index is 13.5. The minimum Gasteiger partial charge on any atom is -0.476 e. The molecule has 1 aromatic carbocycles. The van der Waals surface area contributed by atoms with Crippen LogP contribution in [0.15, 0.2) is 47.5 Å². The third kappa shape index (κ3) is 4.23. The molecule has 1 saturated carbocycles. The van der Waals surface area contributed by atoms with Gasteiger partial charge in [0.25, 0.3) is 15.7 Å². The number of imide groups is 1. The number of alkyl halides is 3. The predicted octanol–water partition coefficient (Wildman–Crippen LogP) is 3.60. The van der Waals surface area contributed by atoms with E-state index in [1.807, 2.05) is 6.92 Å². The van der Waals surface area contributed by atoms with Gasteiger partial charge in [-0.15, -0.1) is 0 Å². The highest BCUT2D eigenvalue weighted by Crippen LogP contribution is 2.55. The van der Waals surface area contributed by atoms with Crippen LogP contribution in [0.4, 0.5) is 29.3 Å². The molecule has 198 valence electrons. The molecule has 3 heterocycles. The molecule has 2 atom stereocenters. The third-order valence-corrected chi connectivity index (χ3v) is 8.67. The second-order valence-corrected chi connectivity index (χ2v) is 11.4. The summed E-state index contributed by atoms with van der Waals surface area (Å²) in [6.45, 7) is 5.06. The number of anilines is 2. The molecular weight excluding hydrogens is 513 g/mol. The normalized spacial score (nSPS) is 24.4. The summed E-state index contributed by atoms with van der Waals surface area (Å²) in [6, 6.07) is 6.02. The zero-order valence-electron chi connectivity index (χ0n) is 19.9. The highest BCUT2D eigenvalue weighted by atomic mass is 32.2. The molecule has 0 bridgehead atoms. The van der Waals surface area contributed by atoms with Crippen LogP contribution in [0.2, 0.25) is 0 Å². The monoisotopic (exact) mass is 538 g/mol. The minimum absolute atomic E-state index is 0.0201. The number of urea groups is 1. The van der Waals surface area contributed by atoms with E-state index in [2.05, 4.69) is 9.88 Å². The van der Waals surface area contributed by atoms with Crippen LogP contribution in [0, 0.1) is 5.92 Å². The number of hydrogen-bond donors (Lipinski definition) is 0. The molecule has 1 spiro atoms. The molecule has 3 fully saturated rings. The Morgan fingerprint density at radius 2 is 1.73 bits per heavy atom. The lowest BCUT2D eigenvalue weighted by Gasteiger charge is -2.22. The number of pyridine rings is 1. The van der Waals surface area contributed by atoms with Crippen molar-refractivity contribution in [1.29, 1.82) is 0 Å². The van der Waals surface area contributed by atoms with Crippen LogP contribution in [-0.4, -0.2) is 67.5 Å². The molecule has 1 aromatic heterocycles. The Balaban J connectivity index is 1.39. The average Bonchev–Trinajstić information content (AvgIpc) is 3.16. The van der Waals surface area contributed by atoms with Crippen LogP contribution in [0.1, 0.15) is 26.2 Å². The summed E-state index contributed by atoms with van der Waals surface area (Å²) >= 11 is 0. The van der Waals surface area contributed by atoms with Gasteiger partial charge >= 0.3 is 11.5 Å². The van der Waals surface area contributed by atoms with Crippen LogP contribution >= 0.6 is 0 Å². The highest BCUT2D eigenvalue weighted by molar-refractivity contribution is 7.92. The van der Waals surface area contributed by atoms with Crippen LogP contribution in [0.25, 0.3) is 0 Å². The van der Waals surface area contributed by atoms with Crippen molar-refractivity contribution >= 4 is 33.2 Å². The lowest BCUT2D eigenvalue weighted by Crippen LogP contribution is -2.39. The van der Waals surface area contributed by atoms with Crippen LogP contribution in [0.3, 0.4) is 0 Å². The third-order valence-electron chi connectivity index (χ3n) is 7.17. The molecule has 3 amide bonds. The fraction of sp³-hybridized carbons (Fsp3) is 0.458. The number of sulfone groups is 1. The zero-order valence-corrected chi connectivity index (χ0v) is 20.8. The molecule has 9 nitrogen and oxygen atoms in total. The van der Waals surface area contributed by atoms with Crippen molar-refractivity contribution < 1.29 is 35.9 Å². The summed E-state index contributed by atoms with van der Waals surface area (Å²) in [5.74, 6) is -0.378. The number of halogens is 3. The van der Waals surface area contributed by atoms with E-state index in [1.165, 1.54) is 11.1 Å². The smallest absolute Gasteiger partial charge is 0.476 e. The van der Waals surface area contributed by atoms with E-state index in [9.17, 15) is 31.2 Å². The van der Waals surface area contributed by atoms with Crippen molar-refractivity contribution in [3.63, 3.8) is 0 Å². The van der Waals surface area contributed by atoms with Gasteiger partial charge in [-0.25, -0.2) is 23.1 Å². The van der Waals surface area contributed by atoms with E-state index in [4.69, 9.17) is 4.74 Å². The van der Waals surface area contributed by atoms with Gasteiger partial charge in [-0.3, -0.25) is 14.6 Å². The van der Waals surface area contributed by atoms with Gasteiger partial charge in [0, 0.05) is 18.8 Å². The predicted molar refractivity (Wildman–Crippen MR) is 127 cm³/mol. The first-order valence-electron chi connectivity index (χ1n) is 11.9. The zero-order chi connectivity index (χ0) is 26.6. The van der Waals surface area contributed by atoms with Crippen molar-refractivity contribution in [1.82, 2.24) is 9.88 Å². The van der Waals surface area contributed by atoms with E-state index < -0.39 is 37.7 Å². The molecule has 2 aromatic rings. The molecule has 0 N–H and O–H groups in total.